The zero-order valence-corrected chi connectivity index (χ0v) is 11.3. The smallest absolute Gasteiger partial charge is 0.312 e. The minimum absolute atomic E-state index is 0.0814. The van der Waals surface area contributed by atoms with Crippen molar-refractivity contribution in [2.45, 2.75) is 0 Å². The van der Waals surface area contributed by atoms with E-state index in [1.54, 1.807) is 30.3 Å². The number of oxime groups is 1. The SMILES string of the molecule is O=C1ON=C(c2ccccc2)/C1=C/c1ccccc1[N+](=O)[O-]. The Labute approximate surface area is 125 Å². The topological polar surface area (TPSA) is 81.8 Å². The van der Waals surface area contributed by atoms with Crippen LogP contribution in [-0.2, 0) is 9.63 Å². The molecule has 0 bridgehead atoms. The predicted octanol–water partition coefficient (Wildman–Crippen LogP) is 2.94. The van der Waals surface area contributed by atoms with E-state index in [9.17, 15) is 14.9 Å². The molecule has 6 heteroatoms. The Morgan fingerprint density at radius 2 is 1.73 bits per heavy atom. The van der Waals surface area contributed by atoms with Crippen molar-refractivity contribution in [3.8, 4) is 0 Å². The van der Waals surface area contributed by atoms with Gasteiger partial charge in [0, 0.05) is 11.6 Å². The maximum Gasteiger partial charge on any atom is 0.368 e. The number of hydrogen-bond donors (Lipinski definition) is 0. The monoisotopic (exact) mass is 294 g/mol. The van der Waals surface area contributed by atoms with E-state index in [0.29, 0.717) is 16.8 Å². The van der Waals surface area contributed by atoms with Gasteiger partial charge in [-0.25, -0.2) is 4.79 Å². The van der Waals surface area contributed by atoms with Gasteiger partial charge in [-0.3, -0.25) is 10.1 Å². The van der Waals surface area contributed by atoms with Gasteiger partial charge < -0.3 is 4.84 Å². The molecule has 0 saturated carbocycles. The van der Waals surface area contributed by atoms with Crippen LogP contribution in [-0.4, -0.2) is 16.6 Å². The first-order chi connectivity index (χ1) is 10.7. The zero-order valence-electron chi connectivity index (χ0n) is 11.3. The van der Waals surface area contributed by atoms with Gasteiger partial charge in [0.1, 0.15) is 5.71 Å². The summed E-state index contributed by atoms with van der Waals surface area (Å²) in [7, 11) is 0. The molecule has 0 N–H and O–H groups in total. The Hall–Kier alpha value is -3.28. The molecule has 6 nitrogen and oxygen atoms in total. The quantitative estimate of drug-likeness (QED) is 0.377. The number of benzene rings is 2. The van der Waals surface area contributed by atoms with E-state index in [2.05, 4.69) is 5.16 Å². The van der Waals surface area contributed by atoms with Crippen molar-refractivity contribution in [1.82, 2.24) is 0 Å². The van der Waals surface area contributed by atoms with Gasteiger partial charge >= 0.3 is 5.97 Å². The van der Waals surface area contributed by atoms with E-state index < -0.39 is 10.9 Å². The lowest BCUT2D eigenvalue weighted by Crippen LogP contribution is -2.07. The molecule has 0 aliphatic carbocycles. The van der Waals surface area contributed by atoms with Crippen LogP contribution < -0.4 is 0 Å². The average molecular weight is 294 g/mol. The lowest BCUT2D eigenvalue weighted by molar-refractivity contribution is -0.385. The van der Waals surface area contributed by atoms with Crippen molar-refractivity contribution in [1.29, 1.82) is 0 Å². The second-order valence-electron chi connectivity index (χ2n) is 4.56. The number of carbonyl (C=O) groups is 1. The highest BCUT2D eigenvalue weighted by molar-refractivity contribution is 6.31. The summed E-state index contributed by atoms with van der Waals surface area (Å²) in [5.74, 6) is -0.628. The molecule has 0 radical (unpaired) electrons. The minimum atomic E-state index is -0.628. The van der Waals surface area contributed by atoms with Gasteiger partial charge in [-0.15, -0.1) is 0 Å². The summed E-state index contributed by atoms with van der Waals surface area (Å²) in [4.78, 5) is 27.1. The first-order valence-electron chi connectivity index (χ1n) is 6.47. The molecule has 108 valence electrons. The third-order valence-electron chi connectivity index (χ3n) is 3.18. The molecule has 22 heavy (non-hydrogen) atoms. The summed E-state index contributed by atoms with van der Waals surface area (Å²) in [5, 5.41) is 14.8. The molecule has 0 aromatic heterocycles. The number of nitrogens with zero attached hydrogens (tertiary/aromatic N) is 2. The van der Waals surface area contributed by atoms with E-state index in [1.165, 1.54) is 12.1 Å². The van der Waals surface area contributed by atoms with Gasteiger partial charge in [0.25, 0.3) is 5.69 Å². The minimum Gasteiger partial charge on any atom is -0.312 e. The molecule has 0 amide bonds. The van der Waals surface area contributed by atoms with Crippen LogP contribution in [0, 0.1) is 10.1 Å². The van der Waals surface area contributed by atoms with Gasteiger partial charge in [0.05, 0.1) is 16.1 Å². The number of hydrogen-bond acceptors (Lipinski definition) is 5. The van der Waals surface area contributed by atoms with Crippen LogP contribution in [0.25, 0.3) is 6.08 Å². The Morgan fingerprint density at radius 3 is 2.45 bits per heavy atom. The molecule has 2 aromatic rings. The van der Waals surface area contributed by atoms with Crippen LogP contribution in [0.1, 0.15) is 11.1 Å². The maximum absolute atomic E-state index is 11.9. The summed E-state index contributed by atoms with van der Waals surface area (Å²) in [6.07, 6.45) is 1.43. The maximum atomic E-state index is 11.9. The molecule has 1 aliphatic heterocycles. The molecule has 0 spiro atoms. The van der Waals surface area contributed by atoms with Gasteiger partial charge in [-0.1, -0.05) is 47.6 Å². The lowest BCUT2D eigenvalue weighted by atomic mass is 10.0. The second kappa shape index (κ2) is 5.61. The van der Waals surface area contributed by atoms with Crippen LogP contribution in [0.2, 0.25) is 0 Å². The highest BCUT2D eigenvalue weighted by Crippen LogP contribution is 2.25. The Balaban J connectivity index is 2.08. The largest absolute Gasteiger partial charge is 0.368 e. The molecule has 3 rings (SSSR count). The van der Waals surface area contributed by atoms with Crippen LogP contribution in [0.4, 0.5) is 5.69 Å². The second-order valence-corrected chi connectivity index (χ2v) is 4.56. The van der Waals surface area contributed by atoms with E-state index in [1.807, 2.05) is 18.2 Å². The van der Waals surface area contributed by atoms with E-state index in [0.717, 1.165) is 0 Å². The van der Waals surface area contributed by atoms with Crippen LogP contribution in [0.5, 0.6) is 0 Å². The van der Waals surface area contributed by atoms with E-state index in [4.69, 9.17) is 4.84 Å². The first-order valence-corrected chi connectivity index (χ1v) is 6.47. The predicted molar refractivity (Wildman–Crippen MR) is 80.1 cm³/mol. The van der Waals surface area contributed by atoms with Gasteiger partial charge in [-0.2, -0.15) is 0 Å². The Morgan fingerprint density at radius 1 is 1.05 bits per heavy atom. The fraction of sp³-hybridized carbons (Fsp3) is 0. The van der Waals surface area contributed by atoms with E-state index >= 15 is 0 Å². The lowest BCUT2D eigenvalue weighted by Gasteiger charge is -2.01. The van der Waals surface area contributed by atoms with Crippen LogP contribution in [0.15, 0.2) is 65.3 Å². The Kier molecular flexibility index (Phi) is 3.49. The molecule has 1 aliphatic rings. The van der Waals surface area contributed by atoms with Crippen molar-refractivity contribution in [3.05, 3.63) is 81.4 Å². The molecule has 0 unspecified atom stereocenters. The zero-order chi connectivity index (χ0) is 15.5. The number of nitro groups is 1. The molecule has 0 saturated heterocycles. The fourth-order valence-electron chi connectivity index (χ4n) is 2.14. The highest BCUT2D eigenvalue weighted by Gasteiger charge is 2.27. The van der Waals surface area contributed by atoms with Crippen molar-refractivity contribution < 1.29 is 14.6 Å². The summed E-state index contributed by atoms with van der Waals surface area (Å²) in [5.41, 5.74) is 1.51. The number of rotatable bonds is 3. The van der Waals surface area contributed by atoms with Crippen LogP contribution in [0.3, 0.4) is 0 Å². The molecule has 0 atom stereocenters. The molecule has 0 fully saturated rings. The van der Waals surface area contributed by atoms with Crippen molar-refractivity contribution in [3.63, 3.8) is 0 Å². The van der Waals surface area contributed by atoms with Gasteiger partial charge in [0.2, 0.25) is 0 Å². The number of nitro benzene ring substituents is 1. The van der Waals surface area contributed by atoms with Crippen LogP contribution >= 0.6 is 0 Å². The molecule has 1 heterocycles. The normalized spacial score (nSPS) is 15.5. The standard InChI is InChI=1S/C16H10N2O4/c19-16-13(10-12-8-4-5-9-14(12)18(20)21)15(17-22-16)11-6-2-1-3-7-11/h1-10H/b13-10-. The highest BCUT2D eigenvalue weighted by atomic mass is 16.7. The summed E-state index contributed by atoms with van der Waals surface area (Å²) >= 11 is 0. The Bertz CT molecular complexity index is 810. The molecule has 2 aromatic carbocycles. The summed E-state index contributed by atoms with van der Waals surface area (Å²) in [6, 6.07) is 15.2. The first kappa shape index (κ1) is 13.7. The van der Waals surface area contributed by atoms with Gasteiger partial charge in [-0.05, 0) is 12.1 Å². The van der Waals surface area contributed by atoms with Gasteiger partial charge in [0.15, 0.2) is 0 Å². The fourth-order valence-corrected chi connectivity index (χ4v) is 2.14. The number of para-hydroxylation sites is 1. The summed E-state index contributed by atoms with van der Waals surface area (Å²) < 4.78 is 0. The van der Waals surface area contributed by atoms with Crippen molar-refractivity contribution in [2.75, 3.05) is 0 Å². The average Bonchev–Trinajstić information content (AvgIpc) is 2.90. The molecular formula is C16H10N2O4. The number of carbonyl (C=O) groups excluding carboxylic acids is 1. The van der Waals surface area contributed by atoms with Crippen molar-refractivity contribution in [2.24, 2.45) is 5.16 Å². The third kappa shape index (κ3) is 2.49. The molecular weight excluding hydrogens is 284 g/mol. The van der Waals surface area contributed by atoms with Crippen molar-refractivity contribution >= 4 is 23.4 Å². The third-order valence-corrected chi connectivity index (χ3v) is 3.18. The van der Waals surface area contributed by atoms with E-state index in [-0.39, 0.29) is 11.3 Å². The summed E-state index contributed by atoms with van der Waals surface area (Å²) in [6.45, 7) is 0.